The highest BCUT2D eigenvalue weighted by molar-refractivity contribution is 6.12. The Hall–Kier alpha value is -4.06. The summed E-state index contributed by atoms with van der Waals surface area (Å²) in [6, 6.07) is 24.0. The van der Waals surface area contributed by atoms with Crippen molar-refractivity contribution in [1.82, 2.24) is 5.32 Å². The Balaban J connectivity index is 1.56. The first-order chi connectivity index (χ1) is 15.5. The maximum atomic E-state index is 13.2. The third kappa shape index (κ3) is 4.64. The van der Waals surface area contributed by atoms with E-state index in [4.69, 9.17) is 9.47 Å². The van der Waals surface area contributed by atoms with Gasteiger partial charge in [-0.1, -0.05) is 54.6 Å². The van der Waals surface area contributed by atoms with Crippen molar-refractivity contribution in [3.8, 4) is 11.5 Å². The summed E-state index contributed by atoms with van der Waals surface area (Å²) < 4.78 is 11.1. The molecule has 6 heteroatoms. The number of benzene rings is 3. The molecular weight excluding hydrogens is 404 g/mol. The molecule has 4 rings (SSSR count). The van der Waals surface area contributed by atoms with E-state index in [2.05, 4.69) is 5.32 Å². The van der Waals surface area contributed by atoms with E-state index in [1.807, 2.05) is 73.7 Å². The van der Waals surface area contributed by atoms with Gasteiger partial charge in [-0.2, -0.15) is 0 Å². The summed E-state index contributed by atoms with van der Waals surface area (Å²) in [5, 5.41) is 2.97. The number of amides is 2. The number of hydrogen-bond acceptors (Lipinski definition) is 4. The number of rotatable bonds is 6. The van der Waals surface area contributed by atoms with Gasteiger partial charge in [0.05, 0.1) is 18.8 Å². The van der Waals surface area contributed by atoms with Crippen molar-refractivity contribution in [3.05, 3.63) is 95.7 Å². The lowest BCUT2D eigenvalue weighted by Gasteiger charge is -2.30. The number of carbonyl (C=O) groups excluding carboxylic acids is 2. The number of carbonyl (C=O) groups is 2. The molecule has 1 atom stereocenters. The van der Waals surface area contributed by atoms with Crippen LogP contribution >= 0.6 is 0 Å². The molecule has 6 nitrogen and oxygen atoms in total. The Morgan fingerprint density at radius 2 is 1.72 bits per heavy atom. The van der Waals surface area contributed by atoms with Crippen LogP contribution < -0.4 is 19.7 Å². The highest BCUT2D eigenvalue weighted by Crippen LogP contribution is 2.35. The number of nitrogens with zero attached hydrogens (tertiary/aromatic N) is 1. The second-order valence-corrected chi connectivity index (χ2v) is 7.44. The topological polar surface area (TPSA) is 67.9 Å². The van der Waals surface area contributed by atoms with Crippen molar-refractivity contribution in [2.75, 3.05) is 18.6 Å². The van der Waals surface area contributed by atoms with Crippen molar-refractivity contribution < 1.29 is 19.1 Å². The lowest BCUT2D eigenvalue weighted by Crippen LogP contribution is -2.44. The minimum absolute atomic E-state index is 0.115. The van der Waals surface area contributed by atoms with Gasteiger partial charge in [-0.3, -0.25) is 14.5 Å². The first-order valence-electron chi connectivity index (χ1n) is 10.3. The molecule has 1 N–H and O–H groups in total. The summed E-state index contributed by atoms with van der Waals surface area (Å²) in [5.41, 5.74) is 2.34. The first kappa shape index (κ1) is 21.2. The second-order valence-electron chi connectivity index (χ2n) is 7.44. The molecule has 0 spiro atoms. The molecule has 0 aliphatic carbocycles. The van der Waals surface area contributed by atoms with Gasteiger partial charge in [0.25, 0.3) is 5.91 Å². The molecule has 1 heterocycles. The van der Waals surface area contributed by atoms with Gasteiger partial charge in [0.15, 0.2) is 11.5 Å². The van der Waals surface area contributed by atoms with Crippen molar-refractivity contribution in [2.45, 2.75) is 13.0 Å². The average Bonchev–Trinajstić information content (AvgIpc) is 2.82. The van der Waals surface area contributed by atoms with Crippen molar-refractivity contribution in [1.29, 1.82) is 0 Å². The van der Waals surface area contributed by atoms with Crippen LogP contribution in [0.4, 0.5) is 5.69 Å². The van der Waals surface area contributed by atoms with Crippen molar-refractivity contribution in [2.24, 2.45) is 0 Å². The zero-order valence-electron chi connectivity index (χ0n) is 17.9. The largest absolute Gasteiger partial charge is 0.497 e. The molecule has 1 aliphatic heterocycles. The zero-order chi connectivity index (χ0) is 22.5. The summed E-state index contributed by atoms with van der Waals surface area (Å²) in [6.45, 7) is 1.80. The molecule has 2 amide bonds. The molecule has 0 aromatic heterocycles. The second kappa shape index (κ2) is 9.39. The third-order valence-corrected chi connectivity index (χ3v) is 5.22. The molecule has 0 unspecified atom stereocenters. The van der Waals surface area contributed by atoms with Gasteiger partial charge in [-0.25, -0.2) is 0 Å². The third-order valence-electron chi connectivity index (χ3n) is 5.22. The monoisotopic (exact) mass is 428 g/mol. The van der Waals surface area contributed by atoms with Crippen LogP contribution in [0.2, 0.25) is 0 Å². The van der Waals surface area contributed by atoms with E-state index in [-0.39, 0.29) is 30.2 Å². The van der Waals surface area contributed by atoms with E-state index in [0.717, 1.165) is 16.9 Å². The Morgan fingerprint density at radius 1 is 1.03 bits per heavy atom. The fourth-order valence-electron chi connectivity index (χ4n) is 3.53. The Morgan fingerprint density at radius 3 is 2.44 bits per heavy atom. The molecule has 0 saturated heterocycles. The van der Waals surface area contributed by atoms with Gasteiger partial charge in [0.1, 0.15) is 12.3 Å². The number of fused-ring (bicyclic) bond motifs is 1. The van der Waals surface area contributed by atoms with Crippen molar-refractivity contribution >= 4 is 23.6 Å². The zero-order valence-corrected chi connectivity index (χ0v) is 17.9. The molecule has 32 heavy (non-hydrogen) atoms. The van der Waals surface area contributed by atoms with Gasteiger partial charge < -0.3 is 14.8 Å². The molecule has 0 radical (unpaired) electrons. The van der Waals surface area contributed by atoms with E-state index in [9.17, 15) is 9.59 Å². The molecular formula is C26H24N2O4. The number of anilines is 1. The SMILES string of the molecule is COc1ccc(/C=C2\Oc3ccccc3N(CC(=O)N[C@H](C)c3ccccc3)C2=O)cc1. The molecule has 0 fully saturated rings. The van der Waals surface area contributed by atoms with Crippen LogP contribution in [-0.4, -0.2) is 25.5 Å². The molecule has 1 aliphatic rings. The van der Waals surface area contributed by atoms with Gasteiger partial charge in [-0.05, 0) is 48.4 Å². The van der Waals surface area contributed by atoms with Crippen LogP contribution in [-0.2, 0) is 9.59 Å². The highest BCUT2D eigenvalue weighted by atomic mass is 16.5. The van der Waals surface area contributed by atoms with Crippen LogP contribution in [0.25, 0.3) is 6.08 Å². The predicted molar refractivity (Wildman–Crippen MR) is 123 cm³/mol. The Labute approximate surface area is 187 Å². The number of ether oxygens (including phenoxy) is 2. The smallest absolute Gasteiger partial charge is 0.294 e. The Bertz CT molecular complexity index is 1140. The predicted octanol–water partition coefficient (Wildman–Crippen LogP) is 4.34. The summed E-state index contributed by atoms with van der Waals surface area (Å²) >= 11 is 0. The summed E-state index contributed by atoms with van der Waals surface area (Å²) in [5.74, 6) is 0.769. The maximum absolute atomic E-state index is 13.2. The normalized spacial score (nSPS) is 15.0. The van der Waals surface area contributed by atoms with E-state index >= 15 is 0 Å². The van der Waals surface area contributed by atoms with E-state index in [1.54, 1.807) is 25.3 Å². The van der Waals surface area contributed by atoms with Crippen LogP contribution in [0.3, 0.4) is 0 Å². The minimum atomic E-state index is -0.373. The molecule has 162 valence electrons. The van der Waals surface area contributed by atoms with Crippen LogP contribution in [0, 0.1) is 0 Å². The van der Waals surface area contributed by atoms with Gasteiger partial charge in [0, 0.05) is 0 Å². The lowest BCUT2D eigenvalue weighted by atomic mass is 10.1. The summed E-state index contributed by atoms with van der Waals surface area (Å²) in [4.78, 5) is 27.5. The van der Waals surface area contributed by atoms with Crippen LogP contribution in [0.15, 0.2) is 84.6 Å². The van der Waals surface area contributed by atoms with E-state index in [0.29, 0.717) is 11.4 Å². The Kier molecular flexibility index (Phi) is 6.22. The summed E-state index contributed by atoms with van der Waals surface area (Å²) in [6.07, 6.45) is 1.66. The minimum Gasteiger partial charge on any atom is -0.497 e. The quantitative estimate of drug-likeness (QED) is 0.593. The molecule has 0 saturated carbocycles. The number of methoxy groups -OCH3 is 1. The highest BCUT2D eigenvalue weighted by Gasteiger charge is 2.31. The number of nitrogens with one attached hydrogen (secondary N) is 1. The lowest BCUT2D eigenvalue weighted by molar-refractivity contribution is -0.123. The van der Waals surface area contributed by atoms with Gasteiger partial charge in [0.2, 0.25) is 5.91 Å². The van der Waals surface area contributed by atoms with Crippen LogP contribution in [0.5, 0.6) is 11.5 Å². The van der Waals surface area contributed by atoms with E-state index in [1.165, 1.54) is 4.90 Å². The van der Waals surface area contributed by atoms with Crippen LogP contribution in [0.1, 0.15) is 24.1 Å². The average molecular weight is 428 g/mol. The standard InChI is InChI=1S/C26H24N2O4/c1-18(20-8-4-3-5-9-20)27-25(29)17-28-22-10-6-7-11-23(22)32-24(26(28)30)16-19-12-14-21(31-2)15-13-19/h3-16,18H,17H2,1-2H3,(H,27,29)/b24-16-/t18-/m1/s1. The van der Waals surface area contributed by atoms with Gasteiger partial charge >= 0.3 is 0 Å². The van der Waals surface area contributed by atoms with Crippen molar-refractivity contribution in [3.63, 3.8) is 0 Å². The fraction of sp³-hybridized carbons (Fsp3) is 0.154. The maximum Gasteiger partial charge on any atom is 0.294 e. The number of para-hydroxylation sites is 2. The number of hydrogen-bond donors (Lipinski definition) is 1. The van der Waals surface area contributed by atoms with Gasteiger partial charge in [-0.15, -0.1) is 0 Å². The first-order valence-corrected chi connectivity index (χ1v) is 10.3. The summed E-state index contributed by atoms with van der Waals surface area (Å²) in [7, 11) is 1.60. The fourth-order valence-corrected chi connectivity index (χ4v) is 3.53. The molecule has 3 aromatic rings. The molecule has 3 aromatic carbocycles. The van der Waals surface area contributed by atoms with E-state index < -0.39 is 0 Å². The molecule has 0 bridgehead atoms.